The first-order chi connectivity index (χ1) is 17.0. The van der Waals surface area contributed by atoms with Crippen molar-refractivity contribution in [3.63, 3.8) is 0 Å². The van der Waals surface area contributed by atoms with E-state index in [4.69, 9.17) is 0 Å². The average molecular weight is 524 g/mol. The molecule has 6 nitrogen and oxygen atoms in total. The molecular weight excluding hydrogens is 499 g/mol. The van der Waals surface area contributed by atoms with Crippen molar-refractivity contribution in [3.05, 3.63) is 72.1 Å². The number of anilines is 1. The van der Waals surface area contributed by atoms with Crippen molar-refractivity contribution < 1.29 is 13.2 Å². The number of rotatable bonds is 6. The van der Waals surface area contributed by atoms with Crippen molar-refractivity contribution >= 4 is 54.9 Å². The highest BCUT2D eigenvalue weighted by atomic mass is 32.2. The fraction of sp³-hybridized carbons (Fsp3) is 0.231. The largest absolute Gasteiger partial charge is 0.302 e. The van der Waals surface area contributed by atoms with E-state index in [0.717, 1.165) is 26.9 Å². The van der Waals surface area contributed by atoms with Gasteiger partial charge >= 0.3 is 0 Å². The lowest BCUT2D eigenvalue weighted by Gasteiger charge is -2.30. The topological polar surface area (TPSA) is 79.4 Å². The number of nitrogens with one attached hydrogen (secondary N) is 1. The van der Waals surface area contributed by atoms with Gasteiger partial charge in [0.15, 0.2) is 5.13 Å². The lowest BCUT2D eigenvalue weighted by Crippen LogP contribution is -2.41. The Kier molecular flexibility index (Phi) is 6.93. The molecule has 4 aromatic rings. The van der Waals surface area contributed by atoms with Gasteiger partial charge in [0, 0.05) is 34.8 Å². The van der Waals surface area contributed by atoms with Gasteiger partial charge in [-0.05, 0) is 42.0 Å². The van der Waals surface area contributed by atoms with Crippen LogP contribution in [0.1, 0.15) is 12.8 Å². The summed E-state index contributed by atoms with van der Waals surface area (Å²) in [5.41, 5.74) is 1.86. The summed E-state index contributed by atoms with van der Waals surface area (Å²) in [6, 6.07) is 21.3. The van der Waals surface area contributed by atoms with Crippen molar-refractivity contribution in [2.75, 3.05) is 24.7 Å². The zero-order valence-electron chi connectivity index (χ0n) is 19.2. The van der Waals surface area contributed by atoms with Crippen molar-refractivity contribution in [1.82, 2.24) is 9.29 Å². The van der Waals surface area contributed by atoms with Crippen LogP contribution in [0.15, 0.2) is 81.9 Å². The summed E-state index contributed by atoms with van der Waals surface area (Å²) in [7, 11) is -3.59. The fourth-order valence-electron chi connectivity index (χ4n) is 4.44. The molecule has 0 unspecified atom stereocenters. The Labute approximate surface area is 213 Å². The second kappa shape index (κ2) is 10.1. The predicted molar refractivity (Wildman–Crippen MR) is 143 cm³/mol. The van der Waals surface area contributed by atoms with Crippen LogP contribution in [0.2, 0.25) is 0 Å². The number of amides is 1. The summed E-state index contributed by atoms with van der Waals surface area (Å²) in [6.45, 7) is 0.643. The molecular formula is C26H25N3O3S3. The molecule has 9 heteroatoms. The summed E-state index contributed by atoms with van der Waals surface area (Å²) in [5.74, 6) is -0.354. The number of aromatic nitrogens is 1. The Balaban J connectivity index is 1.24. The van der Waals surface area contributed by atoms with E-state index in [0.29, 0.717) is 36.0 Å². The molecule has 0 bridgehead atoms. The number of thiazole rings is 1. The number of thioether (sulfide) groups is 1. The average Bonchev–Trinajstić information content (AvgIpc) is 3.36. The zero-order chi connectivity index (χ0) is 24.4. The zero-order valence-corrected chi connectivity index (χ0v) is 21.6. The maximum Gasteiger partial charge on any atom is 0.244 e. The second-order valence-corrected chi connectivity index (χ2v) is 12.0. The molecule has 1 amide bonds. The number of benzene rings is 3. The van der Waals surface area contributed by atoms with E-state index < -0.39 is 10.0 Å². The number of piperidine rings is 1. The van der Waals surface area contributed by atoms with Gasteiger partial charge in [-0.1, -0.05) is 54.6 Å². The van der Waals surface area contributed by atoms with Crippen LogP contribution in [0.5, 0.6) is 0 Å². The van der Waals surface area contributed by atoms with Crippen molar-refractivity contribution in [2.45, 2.75) is 22.6 Å². The van der Waals surface area contributed by atoms with Crippen molar-refractivity contribution in [3.8, 4) is 11.3 Å². The molecule has 3 aromatic carbocycles. The highest BCUT2D eigenvalue weighted by Crippen LogP contribution is 2.33. The first kappa shape index (κ1) is 24.0. The minimum atomic E-state index is -3.59. The van der Waals surface area contributed by atoms with Crippen LogP contribution >= 0.6 is 23.1 Å². The van der Waals surface area contributed by atoms with Gasteiger partial charge in [0.05, 0.1) is 10.6 Å². The molecule has 1 fully saturated rings. The lowest BCUT2D eigenvalue weighted by atomic mass is 9.97. The Morgan fingerprint density at radius 3 is 2.54 bits per heavy atom. The quantitative estimate of drug-likeness (QED) is 0.327. The van der Waals surface area contributed by atoms with E-state index in [-0.39, 0.29) is 11.8 Å². The Morgan fingerprint density at radius 2 is 1.74 bits per heavy atom. The molecule has 35 heavy (non-hydrogen) atoms. The molecule has 1 saturated heterocycles. The summed E-state index contributed by atoms with van der Waals surface area (Å²) in [4.78, 5) is 18.7. The molecule has 1 aromatic heterocycles. The van der Waals surface area contributed by atoms with Crippen molar-refractivity contribution in [2.24, 2.45) is 5.92 Å². The van der Waals surface area contributed by atoms with Gasteiger partial charge in [0.2, 0.25) is 15.9 Å². The monoisotopic (exact) mass is 523 g/mol. The van der Waals surface area contributed by atoms with E-state index in [9.17, 15) is 13.2 Å². The molecule has 1 N–H and O–H groups in total. The summed E-state index contributed by atoms with van der Waals surface area (Å²) in [5, 5.41) is 7.73. The second-order valence-electron chi connectivity index (χ2n) is 8.38. The molecule has 1 aliphatic heterocycles. The van der Waals surface area contributed by atoms with Gasteiger partial charge in [-0.15, -0.1) is 23.1 Å². The third-order valence-electron chi connectivity index (χ3n) is 6.31. The Morgan fingerprint density at radius 1 is 1.03 bits per heavy atom. The van der Waals surface area contributed by atoms with Gasteiger partial charge < -0.3 is 5.32 Å². The fourth-order valence-corrected chi connectivity index (χ4v) is 7.75. The number of nitrogens with zero attached hydrogens (tertiary/aromatic N) is 2. The summed E-state index contributed by atoms with van der Waals surface area (Å²) >= 11 is 2.82. The van der Waals surface area contributed by atoms with Gasteiger partial charge in [0.25, 0.3) is 0 Å². The molecule has 2 heterocycles. The van der Waals surface area contributed by atoms with Crippen LogP contribution in [-0.2, 0) is 14.8 Å². The van der Waals surface area contributed by atoms with E-state index in [1.54, 1.807) is 12.1 Å². The SMILES string of the molecule is CSc1ccccc1S(=O)(=O)N1CCC(C(=O)Nc2nc(-c3cccc4ccccc34)cs2)CC1. The van der Waals surface area contributed by atoms with Crippen LogP contribution in [0.4, 0.5) is 5.13 Å². The minimum absolute atomic E-state index is 0.106. The normalized spacial score (nSPS) is 15.3. The maximum atomic E-state index is 13.2. The highest BCUT2D eigenvalue weighted by Gasteiger charge is 2.33. The van der Waals surface area contributed by atoms with Crippen LogP contribution < -0.4 is 5.32 Å². The number of carbonyl (C=O) groups is 1. The van der Waals surface area contributed by atoms with Crippen LogP contribution in [-0.4, -0.2) is 43.0 Å². The van der Waals surface area contributed by atoms with Gasteiger partial charge in [0.1, 0.15) is 0 Å². The van der Waals surface area contributed by atoms with Crippen LogP contribution in [0, 0.1) is 5.92 Å². The lowest BCUT2D eigenvalue weighted by molar-refractivity contribution is -0.120. The van der Waals surface area contributed by atoms with Gasteiger partial charge in [-0.25, -0.2) is 13.4 Å². The van der Waals surface area contributed by atoms with Crippen LogP contribution in [0.25, 0.3) is 22.0 Å². The molecule has 180 valence electrons. The molecule has 0 atom stereocenters. The van der Waals surface area contributed by atoms with Crippen molar-refractivity contribution in [1.29, 1.82) is 0 Å². The smallest absolute Gasteiger partial charge is 0.244 e. The Bertz CT molecular complexity index is 1470. The maximum absolute atomic E-state index is 13.2. The molecule has 1 aliphatic rings. The van der Waals surface area contributed by atoms with Crippen LogP contribution in [0.3, 0.4) is 0 Å². The van der Waals surface area contributed by atoms with E-state index in [1.807, 2.05) is 48.0 Å². The number of carbonyl (C=O) groups excluding carboxylic acids is 1. The molecule has 0 aliphatic carbocycles. The Hall–Kier alpha value is -2.72. The summed E-state index contributed by atoms with van der Waals surface area (Å²) < 4.78 is 27.8. The number of fused-ring (bicyclic) bond motifs is 1. The first-order valence-corrected chi connectivity index (χ1v) is 14.9. The minimum Gasteiger partial charge on any atom is -0.302 e. The van der Waals surface area contributed by atoms with E-state index in [1.165, 1.54) is 27.4 Å². The predicted octanol–water partition coefficient (Wildman–Crippen LogP) is 5.72. The third-order valence-corrected chi connectivity index (χ3v) is 9.95. The highest BCUT2D eigenvalue weighted by molar-refractivity contribution is 7.99. The third kappa shape index (κ3) is 4.86. The number of hydrogen-bond acceptors (Lipinski definition) is 6. The molecule has 5 rings (SSSR count). The molecule has 0 saturated carbocycles. The number of sulfonamides is 1. The summed E-state index contributed by atoms with van der Waals surface area (Å²) in [6.07, 6.45) is 2.83. The van der Waals surface area contributed by atoms with E-state index >= 15 is 0 Å². The molecule has 0 spiro atoms. The van der Waals surface area contributed by atoms with Gasteiger partial charge in [-0.3, -0.25) is 4.79 Å². The number of hydrogen-bond donors (Lipinski definition) is 1. The molecule has 0 radical (unpaired) electrons. The first-order valence-electron chi connectivity index (χ1n) is 11.3. The van der Waals surface area contributed by atoms with E-state index in [2.05, 4.69) is 28.5 Å². The standard InChI is InChI=1S/C26H25N3O3S3/c1-33-23-11-4-5-12-24(23)35(31,32)29-15-13-19(14-16-29)25(30)28-26-27-22(17-34-26)21-10-6-8-18-7-2-3-9-20(18)21/h2-12,17,19H,13-16H2,1H3,(H,27,28,30). The van der Waals surface area contributed by atoms with Gasteiger partial charge in [-0.2, -0.15) is 4.31 Å².